The van der Waals surface area contributed by atoms with E-state index in [1.54, 1.807) is 0 Å². The van der Waals surface area contributed by atoms with Gasteiger partial charge in [-0.15, -0.1) is 26.2 Å². The molecular formula is C20H18BrP. The molecule has 3 rings (SSSR count). The summed E-state index contributed by atoms with van der Waals surface area (Å²) in [6.45, 7) is 0. The van der Waals surface area contributed by atoms with Crippen LogP contribution in [0.1, 0.15) is 16.7 Å². The third-order valence-corrected chi connectivity index (χ3v) is 4.10. The van der Waals surface area contributed by atoms with E-state index >= 15 is 0 Å². The molecule has 0 aromatic heterocycles. The highest BCUT2D eigenvalue weighted by molar-refractivity contribution is 8.93. The average molecular weight is 369 g/mol. The van der Waals surface area contributed by atoms with Gasteiger partial charge in [0.25, 0.3) is 0 Å². The van der Waals surface area contributed by atoms with Crippen molar-refractivity contribution in [3.63, 3.8) is 0 Å². The van der Waals surface area contributed by atoms with Gasteiger partial charge in [0.15, 0.2) is 0 Å². The number of hydrogen-bond acceptors (Lipinski definition) is 0. The Morgan fingerprint density at radius 1 is 0.500 bits per heavy atom. The van der Waals surface area contributed by atoms with Crippen LogP contribution in [0.4, 0.5) is 0 Å². The van der Waals surface area contributed by atoms with Crippen molar-refractivity contribution in [1.29, 1.82) is 0 Å². The molecule has 3 aromatic carbocycles. The molecular weight excluding hydrogens is 351 g/mol. The van der Waals surface area contributed by atoms with Crippen LogP contribution in [0.25, 0.3) is 10.9 Å². The van der Waals surface area contributed by atoms with Crippen molar-refractivity contribution in [2.75, 3.05) is 0 Å². The van der Waals surface area contributed by atoms with Gasteiger partial charge >= 0.3 is 0 Å². The van der Waals surface area contributed by atoms with Crippen LogP contribution in [0.5, 0.6) is 0 Å². The number of benzene rings is 3. The Hall–Kier alpha value is -1.69. The Labute approximate surface area is 144 Å². The zero-order valence-electron chi connectivity index (χ0n) is 12.1. The summed E-state index contributed by atoms with van der Waals surface area (Å²) >= 11 is 0. The molecule has 0 bridgehead atoms. The smallest absolute Gasteiger partial charge is 0.00337 e. The molecule has 1 unspecified atom stereocenters. The van der Waals surface area contributed by atoms with Crippen molar-refractivity contribution in [3.05, 3.63) is 108 Å². The first-order valence-electron chi connectivity index (χ1n) is 7.02. The second-order valence-electron chi connectivity index (χ2n) is 4.89. The van der Waals surface area contributed by atoms with Gasteiger partial charge in [0.2, 0.25) is 0 Å². The Kier molecular flexibility index (Phi) is 6.12. The lowest BCUT2D eigenvalue weighted by Crippen LogP contribution is -1.90. The molecule has 0 N–H and O–H groups in total. The second-order valence-corrected chi connectivity index (χ2v) is 5.46. The highest BCUT2D eigenvalue weighted by atomic mass is 79.9. The van der Waals surface area contributed by atoms with Crippen LogP contribution in [0.15, 0.2) is 91.0 Å². The minimum atomic E-state index is 0. The van der Waals surface area contributed by atoms with Crippen LogP contribution >= 0.6 is 26.2 Å². The van der Waals surface area contributed by atoms with Crippen LogP contribution in [-0.2, 0) is 0 Å². The van der Waals surface area contributed by atoms with Crippen molar-refractivity contribution in [1.82, 2.24) is 0 Å². The van der Waals surface area contributed by atoms with E-state index in [2.05, 4.69) is 94.2 Å². The molecule has 3 aromatic rings. The molecule has 0 nitrogen and oxygen atoms in total. The fraction of sp³-hybridized carbons (Fsp3) is 0. The zero-order chi connectivity index (χ0) is 14.5. The van der Waals surface area contributed by atoms with Gasteiger partial charge in [-0.05, 0) is 27.6 Å². The van der Waals surface area contributed by atoms with Crippen LogP contribution in [0, 0.1) is 0 Å². The van der Waals surface area contributed by atoms with Crippen molar-refractivity contribution in [3.8, 4) is 0 Å². The average Bonchev–Trinajstić information content (AvgIpc) is 2.58. The normalized spacial score (nSPS) is 9.68. The quantitative estimate of drug-likeness (QED) is 0.389. The lowest BCUT2D eigenvalue weighted by atomic mass is 9.95. The number of hydrogen-bond donors (Lipinski definition) is 0. The van der Waals surface area contributed by atoms with Crippen LogP contribution in [0.3, 0.4) is 0 Å². The maximum atomic E-state index is 2.91. The highest BCUT2D eigenvalue weighted by Crippen LogP contribution is 2.35. The topological polar surface area (TPSA) is 0 Å². The van der Waals surface area contributed by atoms with E-state index in [-0.39, 0.29) is 17.0 Å². The maximum Gasteiger partial charge on any atom is -0.00337 e. The SMILES string of the molecule is Br.PC(=C(c1ccccc1)c1ccccc1)c1ccccc1. The summed E-state index contributed by atoms with van der Waals surface area (Å²) in [6, 6.07) is 31.6. The summed E-state index contributed by atoms with van der Waals surface area (Å²) in [5.41, 5.74) is 4.95. The number of rotatable bonds is 3. The predicted octanol–water partition coefficient (Wildman–Crippen LogP) is 6.06. The van der Waals surface area contributed by atoms with Gasteiger partial charge in [-0.3, -0.25) is 0 Å². The number of halogens is 1. The molecule has 0 heterocycles. The molecule has 0 aliphatic carbocycles. The summed E-state index contributed by atoms with van der Waals surface area (Å²) in [5, 5.41) is 1.22. The molecule has 1 atom stereocenters. The van der Waals surface area contributed by atoms with Gasteiger partial charge in [0.05, 0.1) is 0 Å². The van der Waals surface area contributed by atoms with Crippen molar-refractivity contribution in [2.45, 2.75) is 0 Å². The molecule has 0 aliphatic heterocycles. The molecule has 0 saturated carbocycles. The Bertz CT molecular complexity index is 693. The zero-order valence-corrected chi connectivity index (χ0v) is 15.0. The van der Waals surface area contributed by atoms with Gasteiger partial charge in [-0.1, -0.05) is 91.0 Å². The minimum absolute atomic E-state index is 0. The maximum absolute atomic E-state index is 2.91. The molecule has 22 heavy (non-hydrogen) atoms. The van der Waals surface area contributed by atoms with E-state index < -0.39 is 0 Å². The van der Waals surface area contributed by atoms with Crippen molar-refractivity contribution < 1.29 is 0 Å². The van der Waals surface area contributed by atoms with E-state index in [4.69, 9.17) is 0 Å². The first kappa shape index (κ1) is 16.7. The van der Waals surface area contributed by atoms with Crippen LogP contribution in [0.2, 0.25) is 0 Å². The molecule has 2 heteroatoms. The first-order valence-corrected chi connectivity index (χ1v) is 7.60. The molecule has 0 aliphatic rings. The van der Waals surface area contributed by atoms with Gasteiger partial charge in [-0.25, -0.2) is 0 Å². The van der Waals surface area contributed by atoms with E-state index in [9.17, 15) is 0 Å². The summed E-state index contributed by atoms with van der Waals surface area (Å²) < 4.78 is 0. The van der Waals surface area contributed by atoms with Crippen LogP contribution in [-0.4, -0.2) is 0 Å². The Morgan fingerprint density at radius 3 is 1.18 bits per heavy atom. The Balaban J connectivity index is 0.00000176. The summed E-state index contributed by atoms with van der Waals surface area (Å²) in [5.74, 6) is 0. The van der Waals surface area contributed by atoms with Crippen molar-refractivity contribution in [2.24, 2.45) is 0 Å². The Morgan fingerprint density at radius 2 is 0.818 bits per heavy atom. The largest absolute Gasteiger partial charge is 0.114 e. The standard InChI is InChI=1S/C20H17P.BrH/c21-20(18-14-8-3-9-15-18)19(16-10-4-1-5-11-16)17-12-6-2-7-13-17;/h1-15H,21H2;1H. The van der Waals surface area contributed by atoms with Gasteiger partial charge < -0.3 is 0 Å². The van der Waals surface area contributed by atoms with Crippen LogP contribution < -0.4 is 0 Å². The third-order valence-electron chi connectivity index (χ3n) is 3.48. The summed E-state index contributed by atoms with van der Waals surface area (Å²) in [6.07, 6.45) is 0. The third kappa shape index (κ3) is 3.74. The fourth-order valence-corrected chi connectivity index (χ4v) is 2.98. The summed E-state index contributed by atoms with van der Waals surface area (Å²) in [7, 11) is 2.91. The van der Waals surface area contributed by atoms with E-state index in [1.165, 1.54) is 27.6 Å². The molecule has 0 amide bonds. The first-order chi connectivity index (χ1) is 10.4. The molecule has 110 valence electrons. The minimum Gasteiger partial charge on any atom is -0.114 e. The molecule has 0 saturated heterocycles. The lowest BCUT2D eigenvalue weighted by molar-refractivity contribution is 1.55. The second kappa shape index (κ2) is 8.08. The monoisotopic (exact) mass is 368 g/mol. The predicted molar refractivity (Wildman–Crippen MR) is 105 cm³/mol. The van der Waals surface area contributed by atoms with Gasteiger partial charge in [0.1, 0.15) is 0 Å². The molecule has 0 spiro atoms. The fourth-order valence-electron chi connectivity index (χ4n) is 2.45. The van der Waals surface area contributed by atoms with E-state index in [0.29, 0.717) is 0 Å². The van der Waals surface area contributed by atoms with E-state index in [1.807, 2.05) is 6.07 Å². The summed E-state index contributed by atoms with van der Waals surface area (Å²) in [4.78, 5) is 0. The van der Waals surface area contributed by atoms with Gasteiger partial charge in [-0.2, -0.15) is 0 Å². The van der Waals surface area contributed by atoms with Crippen molar-refractivity contribution >= 4 is 37.1 Å². The van der Waals surface area contributed by atoms with E-state index in [0.717, 1.165) is 0 Å². The lowest BCUT2D eigenvalue weighted by Gasteiger charge is -2.13. The highest BCUT2D eigenvalue weighted by Gasteiger charge is 2.09. The molecule has 0 fully saturated rings. The van der Waals surface area contributed by atoms with Gasteiger partial charge in [0, 0.05) is 0 Å². The molecule has 0 radical (unpaired) electrons.